The Bertz CT molecular complexity index is 214. The average Bonchev–Trinajstić information content (AvgIpc) is 2.26. The molecular weight excluding hydrogens is 215 g/mol. The molecule has 0 bridgehead atoms. The Hall–Kier alpha value is 0.0649. The summed E-state index contributed by atoms with van der Waals surface area (Å²) in [5.41, 5.74) is 0.575. The lowest BCUT2D eigenvalue weighted by Gasteiger charge is -2.35. The first-order valence-electron chi connectivity index (χ1n) is 8.15. The average molecular weight is 248 g/mol. The van der Waals surface area contributed by atoms with Gasteiger partial charge in [0, 0.05) is 0 Å². The Labute approximate surface area is 117 Å². The number of rotatable bonds is 1. The Balaban J connectivity index is 2.51. The molecule has 1 aliphatic carbocycles. The summed E-state index contributed by atoms with van der Waals surface area (Å²) in [7, 11) is 6.36. The van der Waals surface area contributed by atoms with Crippen LogP contribution in [0.4, 0.5) is 0 Å². The highest BCUT2D eigenvalue weighted by Gasteiger charge is 2.27. The van der Waals surface area contributed by atoms with Crippen LogP contribution in [0.15, 0.2) is 0 Å². The molecule has 2 radical (unpaired) electrons. The first-order chi connectivity index (χ1) is 8.36. The number of hydrogen-bond acceptors (Lipinski definition) is 0. The van der Waals surface area contributed by atoms with Crippen LogP contribution in [-0.4, -0.2) is 7.85 Å². The van der Waals surface area contributed by atoms with Gasteiger partial charge in [-0.2, -0.15) is 0 Å². The van der Waals surface area contributed by atoms with E-state index >= 15 is 0 Å². The van der Waals surface area contributed by atoms with Crippen LogP contribution in [0, 0.1) is 11.3 Å². The zero-order valence-electron chi connectivity index (χ0n) is 13.2. The smallest absolute Gasteiger partial charge is 0.0688 e. The zero-order chi connectivity index (χ0) is 13.6. The molecule has 0 N–H and O–H groups in total. The van der Waals surface area contributed by atoms with Gasteiger partial charge in [-0.25, -0.2) is 0 Å². The molecule has 0 nitrogen and oxygen atoms in total. The highest BCUT2D eigenvalue weighted by Crippen LogP contribution is 2.41. The molecule has 0 saturated heterocycles. The molecule has 0 heterocycles. The monoisotopic (exact) mass is 248 g/mol. The summed E-state index contributed by atoms with van der Waals surface area (Å²) in [6.45, 7) is 9.57. The van der Waals surface area contributed by atoms with Gasteiger partial charge in [0.15, 0.2) is 0 Å². The van der Waals surface area contributed by atoms with Crippen molar-refractivity contribution in [1.29, 1.82) is 0 Å². The van der Waals surface area contributed by atoms with E-state index in [-0.39, 0.29) is 5.31 Å². The second-order valence-corrected chi connectivity index (χ2v) is 7.58. The summed E-state index contributed by atoms with van der Waals surface area (Å²) in [6, 6.07) is 0. The van der Waals surface area contributed by atoms with Crippen molar-refractivity contribution in [1.82, 2.24) is 0 Å². The van der Waals surface area contributed by atoms with Crippen molar-refractivity contribution in [2.24, 2.45) is 11.3 Å². The van der Waals surface area contributed by atoms with Gasteiger partial charge in [-0.15, -0.1) is 0 Å². The fourth-order valence-electron chi connectivity index (χ4n) is 3.30. The maximum atomic E-state index is 6.36. The van der Waals surface area contributed by atoms with Crippen LogP contribution >= 0.6 is 0 Å². The van der Waals surface area contributed by atoms with Crippen molar-refractivity contribution in [3.63, 3.8) is 0 Å². The topological polar surface area (TPSA) is 0 Å². The third-order valence-electron chi connectivity index (χ3n) is 5.39. The summed E-state index contributed by atoms with van der Waals surface area (Å²) in [5, 5.41) is 0.0978. The van der Waals surface area contributed by atoms with Gasteiger partial charge in [-0.05, 0) is 24.2 Å². The van der Waals surface area contributed by atoms with Gasteiger partial charge in [0.05, 0.1) is 7.85 Å². The molecule has 1 aliphatic rings. The minimum absolute atomic E-state index is 0.0978. The SMILES string of the molecule is [B]C1(C)CCCCCC(C)(C(C)C)CCCCC1. The highest BCUT2D eigenvalue weighted by molar-refractivity contribution is 6.14. The lowest BCUT2D eigenvalue weighted by atomic mass is 9.63. The van der Waals surface area contributed by atoms with Crippen LogP contribution in [0.2, 0.25) is 5.31 Å². The Morgan fingerprint density at radius 3 is 1.50 bits per heavy atom. The summed E-state index contributed by atoms with van der Waals surface area (Å²) in [6.07, 6.45) is 13.4. The third kappa shape index (κ3) is 5.37. The van der Waals surface area contributed by atoms with E-state index in [0.29, 0.717) is 5.41 Å². The quantitative estimate of drug-likeness (QED) is 0.506. The molecular formula is C17H33B. The van der Waals surface area contributed by atoms with Gasteiger partial charge in [0.25, 0.3) is 0 Å². The van der Waals surface area contributed by atoms with Crippen LogP contribution in [0.3, 0.4) is 0 Å². The van der Waals surface area contributed by atoms with Gasteiger partial charge in [0.1, 0.15) is 0 Å². The maximum absolute atomic E-state index is 6.36. The van der Waals surface area contributed by atoms with Gasteiger partial charge < -0.3 is 0 Å². The van der Waals surface area contributed by atoms with E-state index in [1.165, 1.54) is 64.2 Å². The van der Waals surface area contributed by atoms with E-state index in [0.717, 1.165) is 5.92 Å². The molecule has 0 unspecified atom stereocenters. The van der Waals surface area contributed by atoms with Crippen LogP contribution in [0.1, 0.15) is 91.9 Å². The van der Waals surface area contributed by atoms with Crippen molar-refractivity contribution >= 4 is 7.85 Å². The molecule has 0 aliphatic heterocycles. The Morgan fingerprint density at radius 2 is 1.11 bits per heavy atom. The molecule has 0 aromatic rings. The van der Waals surface area contributed by atoms with E-state index in [9.17, 15) is 0 Å². The molecule has 1 saturated carbocycles. The minimum atomic E-state index is 0.0978. The van der Waals surface area contributed by atoms with Crippen molar-refractivity contribution < 1.29 is 0 Å². The molecule has 18 heavy (non-hydrogen) atoms. The Morgan fingerprint density at radius 1 is 0.722 bits per heavy atom. The standard InChI is InChI=1S/C17H33B/c1-15(2)16(3)11-7-5-9-13-17(4,18)14-10-6-8-12-16/h15H,5-14H2,1-4H3. The van der Waals surface area contributed by atoms with Gasteiger partial charge in [0.2, 0.25) is 0 Å². The maximum Gasteiger partial charge on any atom is 0.0742 e. The molecule has 1 fully saturated rings. The molecule has 0 amide bonds. The van der Waals surface area contributed by atoms with E-state index in [2.05, 4.69) is 27.7 Å². The fourth-order valence-corrected chi connectivity index (χ4v) is 3.30. The van der Waals surface area contributed by atoms with E-state index in [1.54, 1.807) is 0 Å². The van der Waals surface area contributed by atoms with Gasteiger partial charge in [-0.3, -0.25) is 0 Å². The first-order valence-corrected chi connectivity index (χ1v) is 8.15. The molecule has 0 aromatic heterocycles. The molecule has 0 atom stereocenters. The Kier molecular flexibility index (Phi) is 6.28. The second kappa shape index (κ2) is 7.01. The second-order valence-electron chi connectivity index (χ2n) is 7.58. The molecule has 1 rings (SSSR count). The third-order valence-corrected chi connectivity index (χ3v) is 5.39. The molecule has 0 aromatic carbocycles. The van der Waals surface area contributed by atoms with Crippen LogP contribution < -0.4 is 0 Å². The summed E-state index contributed by atoms with van der Waals surface area (Å²) < 4.78 is 0. The van der Waals surface area contributed by atoms with Crippen LogP contribution in [0.5, 0.6) is 0 Å². The predicted molar refractivity (Wildman–Crippen MR) is 83.2 cm³/mol. The predicted octanol–water partition coefficient (Wildman–Crippen LogP) is 5.91. The van der Waals surface area contributed by atoms with Gasteiger partial charge in [-0.1, -0.05) is 84.4 Å². The minimum Gasteiger partial charge on any atom is -0.0688 e. The summed E-state index contributed by atoms with van der Waals surface area (Å²) >= 11 is 0. The van der Waals surface area contributed by atoms with Gasteiger partial charge >= 0.3 is 0 Å². The van der Waals surface area contributed by atoms with Crippen molar-refractivity contribution in [2.75, 3.05) is 0 Å². The zero-order valence-corrected chi connectivity index (χ0v) is 13.2. The van der Waals surface area contributed by atoms with Crippen molar-refractivity contribution in [3.8, 4) is 0 Å². The van der Waals surface area contributed by atoms with Crippen LogP contribution in [-0.2, 0) is 0 Å². The highest BCUT2D eigenvalue weighted by atomic mass is 14.3. The van der Waals surface area contributed by atoms with Crippen molar-refractivity contribution in [2.45, 2.75) is 97.2 Å². The normalized spacial score (nSPS) is 36.9. The lowest BCUT2D eigenvalue weighted by molar-refractivity contribution is 0.166. The fraction of sp³-hybridized carbons (Fsp3) is 1.00. The molecule has 1 heteroatoms. The largest absolute Gasteiger partial charge is 0.0742 e. The first kappa shape index (κ1) is 16.1. The van der Waals surface area contributed by atoms with E-state index in [4.69, 9.17) is 7.85 Å². The lowest BCUT2D eigenvalue weighted by Crippen LogP contribution is -2.23. The van der Waals surface area contributed by atoms with Crippen LogP contribution in [0.25, 0.3) is 0 Å². The summed E-state index contributed by atoms with van der Waals surface area (Å²) in [4.78, 5) is 0. The van der Waals surface area contributed by atoms with E-state index < -0.39 is 0 Å². The van der Waals surface area contributed by atoms with E-state index in [1.807, 2.05) is 0 Å². The number of hydrogen-bond donors (Lipinski definition) is 0. The molecule has 104 valence electrons. The summed E-state index contributed by atoms with van der Waals surface area (Å²) in [5.74, 6) is 0.820. The molecule has 0 spiro atoms. The van der Waals surface area contributed by atoms with Crippen molar-refractivity contribution in [3.05, 3.63) is 0 Å².